The van der Waals surface area contributed by atoms with Crippen LogP contribution < -0.4 is 5.32 Å². The number of aromatic nitrogens is 1. The Morgan fingerprint density at radius 2 is 2.10 bits per heavy atom. The Morgan fingerprint density at radius 1 is 1.31 bits per heavy atom. The third-order valence-corrected chi connectivity index (χ3v) is 6.84. The molecule has 1 aliphatic heterocycles. The number of nitrogens with one attached hydrogen (secondary N) is 1. The molecule has 3 aromatic rings. The molecular formula is C20H17ClN4O2S2. The van der Waals surface area contributed by atoms with Crippen LogP contribution in [-0.2, 0) is 9.59 Å². The lowest BCUT2D eigenvalue weighted by molar-refractivity contribution is -0.127. The molecule has 2 aromatic carbocycles. The van der Waals surface area contributed by atoms with E-state index in [9.17, 15) is 9.59 Å². The second kappa shape index (κ2) is 8.14. The fourth-order valence-electron chi connectivity index (χ4n) is 2.92. The molecule has 1 aromatic heterocycles. The molecule has 0 bridgehead atoms. The first-order valence-electron chi connectivity index (χ1n) is 8.85. The van der Waals surface area contributed by atoms with E-state index in [-0.39, 0.29) is 18.2 Å². The predicted octanol–water partition coefficient (Wildman–Crippen LogP) is 4.85. The van der Waals surface area contributed by atoms with E-state index in [1.807, 2.05) is 31.2 Å². The molecule has 0 spiro atoms. The molecule has 1 unspecified atom stereocenters. The number of benzene rings is 2. The molecule has 1 atom stereocenters. The molecule has 6 nitrogen and oxygen atoms in total. The normalized spacial score (nSPS) is 18.0. The van der Waals surface area contributed by atoms with Gasteiger partial charge in [0, 0.05) is 24.2 Å². The Kier molecular flexibility index (Phi) is 5.58. The lowest BCUT2D eigenvalue weighted by Crippen LogP contribution is -2.30. The second-order valence-corrected chi connectivity index (χ2v) is 9.19. The van der Waals surface area contributed by atoms with Crippen molar-refractivity contribution >= 4 is 72.7 Å². The minimum Gasteiger partial charge on any atom is -0.326 e. The van der Waals surface area contributed by atoms with Crippen LogP contribution in [0.4, 0.5) is 10.8 Å². The number of fused-ring (bicyclic) bond motifs is 1. The zero-order chi connectivity index (χ0) is 20.5. The van der Waals surface area contributed by atoms with Gasteiger partial charge in [0.25, 0.3) is 0 Å². The number of carbonyl (C=O) groups is 2. The van der Waals surface area contributed by atoms with Gasteiger partial charge in [0.2, 0.25) is 16.9 Å². The number of anilines is 1. The Bertz CT molecular complexity index is 1110. The Morgan fingerprint density at radius 3 is 2.86 bits per heavy atom. The lowest BCUT2D eigenvalue weighted by atomic mass is 10.2. The molecule has 1 aliphatic rings. The summed E-state index contributed by atoms with van der Waals surface area (Å²) >= 11 is 8.71. The largest absolute Gasteiger partial charge is 0.326 e. The van der Waals surface area contributed by atoms with E-state index in [2.05, 4.69) is 15.3 Å². The highest BCUT2D eigenvalue weighted by Gasteiger charge is 2.37. The summed E-state index contributed by atoms with van der Waals surface area (Å²) in [4.78, 5) is 35.6. The fourth-order valence-corrected chi connectivity index (χ4v) is 5.18. The molecule has 1 fully saturated rings. The van der Waals surface area contributed by atoms with Crippen LogP contribution in [0.1, 0.15) is 12.0 Å². The minimum atomic E-state index is -0.513. The summed E-state index contributed by atoms with van der Waals surface area (Å²) in [5.74, 6) is -0.367. The van der Waals surface area contributed by atoms with E-state index < -0.39 is 5.25 Å². The van der Waals surface area contributed by atoms with Crippen LogP contribution in [0.2, 0.25) is 5.02 Å². The first kappa shape index (κ1) is 19.9. The van der Waals surface area contributed by atoms with Gasteiger partial charge in [0.15, 0.2) is 5.17 Å². The Hall–Kier alpha value is -2.42. The van der Waals surface area contributed by atoms with Crippen molar-refractivity contribution in [3.8, 4) is 0 Å². The molecule has 2 amide bonds. The number of thiazole rings is 1. The highest BCUT2D eigenvalue weighted by atomic mass is 35.5. The standard InChI is InChI=1S/C20H17ClN4O2S2/c1-11-9-12(21)7-8-13(11)22-17(26)10-16-18(27)25(2)20(29-16)24-19-23-14-5-3-4-6-15(14)28-19/h3-9,16H,10H2,1-2H3,(H,22,26)/b24-20+. The maximum atomic E-state index is 12.6. The first-order valence-corrected chi connectivity index (χ1v) is 10.9. The number of nitrogens with zero attached hydrogens (tertiary/aromatic N) is 3. The van der Waals surface area contributed by atoms with Crippen LogP contribution >= 0.6 is 34.7 Å². The van der Waals surface area contributed by atoms with Crippen LogP contribution in [0.25, 0.3) is 10.2 Å². The van der Waals surface area contributed by atoms with Crippen molar-refractivity contribution in [2.24, 2.45) is 4.99 Å². The van der Waals surface area contributed by atoms with Crippen LogP contribution in [-0.4, -0.2) is 39.2 Å². The summed E-state index contributed by atoms with van der Waals surface area (Å²) in [6.07, 6.45) is 0.0643. The van der Waals surface area contributed by atoms with Gasteiger partial charge in [-0.2, -0.15) is 4.99 Å². The van der Waals surface area contributed by atoms with Crippen molar-refractivity contribution in [2.75, 3.05) is 12.4 Å². The molecular weight excluding hydrogens is 428 g/mol. The third-order valence-electron chi connectivity index (χ3n) is 4.45. The summed E-state index contributed by atoms with van der Waals surface area (Å²) < 4.78 is 1.04. The highest BCUT2D eigenvalue weighted by Crippen LogP contribution is 2.34. The Labute approximate surface area is 181 Å². The number of rotatable bonds is 4. The molecule has 0 radical (unpaired) electrons. The number of aliphatic imine (C=N–C) groups is 1. The number of aryl methyl sites for hydroxylation is 1. The van der Waals surface area contributed by atoms with Crippen molar-refractivity contribution < 1.29 is 9.59 Å². The van der Waals surface area contributed by atoms with E-state index in [4.69, 9.17) is 11.6 Å². The average molecular weight is 445 g/mol. The number of hydrogen-bond acceptors (Lipinski definition) is 6. The first-order chi connectivity index (χ1) is 13.9. The van der Waals surface area contributed by atoms with Gasteiger partial charge in [-0.15, -0.1) is 0 Å². The minimum absolute atomic E-state index is 0.0643. The maximum Gasteiger partial charge on any atom is 0.242 e. The van der Waals surface area contributed by atoms with Gasteiger partial charge in [-0.05, 0) is 42.8 Å². The molecule has 148 valence electrons. The quantitative estimate of drug-likeness (QED) is 0.624. The number of amidine groups is 1. The van der Waals surface area contributed by atoms with E-state index in [0.717, 1.165) is 15.8 Å². The van der Waals surface area contributed by atoms with Gasteiger partial charge >= 0.3 is 0 Å². The molecule has 1 N–H and O–H groups in total. The molecule has 2 heterocycles. The summed E-state index contributed by atoms with van der Waals surface area (Å²) in [5.41, 5.74) is 2.43. The number of amides is 2. The zero-order valence-corrected chi connectivity index (χ0v) is 18.1. The molecule has 4 rings (SSSR count). The fraction of sp³-hybridized carbons (Fsp3) is 0.200. The van der Waals surface area contributed by atoms with E-state index in [1.54, 1.807) is 25.2 Å². The Balaban J connectivity index is 1.46. The van der Waals surface area contributed by atoms with Crippen LogP contribution in [0.3, 0.4) is 0 Å². The summed E-state index contributed by atoms with van der Waals surface area (Å²) in [7, 11) is 1.67. The lowest BCUT2D eigenvalue weighted by Gasteiger charge is -2.11. The smallest absolute Gasteiger partial charge is 0.242 e. The number of carbonyl (C=O) groups excluding carboxylic acids is 2. The van der Waals surface area contributed by atoms with Gasteiger partial charge in [0.1, 0.15) is 5.25 Å². The van der Waals surface area contributed by atoms with Crippen molar-refractivity contribution in [3.63, 3.8) is 0 Å². The van der Waals surface area contributed by atoms with Crippen LogP contribution in [0, 0.1) is 6.92 Å². The van der Waals surface area contributed by atoms with E-state index >= 15 is 0 Å². The number of thioether (sulfide) groups is 1. The number of para-hydroxylation sites is 1. The topological polar surface area (TPSA) is 74.7 Å². The molecule has 9 heteroatoms. The van der Waals surface area contributed by atoms with Gasteiger partial charge in [0.05, 0.1) is 10.2 Å². The number of hydrogen-bond donors (Lipinski definition) is 1. The van der Waals surface area contributed by atoms with Gasteiger partial charge in [-0.25, -0.2) is 4.98 Å². The number of halogens is 1. The monoisotopic (exact) mass is 444 g/mol. The van der Waals surface area contributed by atoms with Crippen molar-refractivity contribution in [1.29, 1.82) is 0 Å². The van der Waals surface area contributed by atoms with Crippen molar-refractivity contribution in [1.82, 2.24) is 9.88 Å². The van der Waals surface area contributed by atoms with Gasteiger partial charge in [-0.1, -0.05) is 46.8 Å². The van der Waals surface area contributed by atoms with E-state index in [1.165, 1.54) is 28.0 Å². The van der Waals surface area contributed by atoms with Gasteiger partial charge in [-0.3, -0.25) is 14.5 Å². The maximum absolute atomic E-state index is 12.6. The van der Waals surface area contributed by atoms with E-state index in [0.29, 0.717) is 21.0 Å². The highest BCUT2D eigenvalue weighted by molar-refractivity contribution is 8.15. The predicted molar refractivity (Wildman–Crippen MR) is 120 cm³/mol. The van der Waals surface area contributed by atoms with Crippen molar-refractivity contribution in [3.05, 3.63) is 53.1 Å². The SMILES string of the molecule is Cc1cc(Cl)ccc1NC(=O)CC1S/C(=N/c2nc3ccccc3s2)N(C)C1=O. The molecule has 29 heavy (non-hydrogen) atoms. The van der Waals surface area contributed by atoms with Crippen molar-refractivity contribution in [2.45, 2.75) is 18.6 Å². The van der Waals surface area contributed by atoms with Crippen LogP contribution in [0.5, 0.6) is 0 Å². The zero-order valence-electron chi connectivity index (χ0n) is 15.7. The molecule has 0 saturated carbocycles. The summed E-state index contributed by atoms with van der Waals surface area (Å²) in [5, 5.41) is 4.09. The third kappa shape index (κ3) is 4.29. The summed E-state index contributed by atoms with van der Waals surface area (Å²) in [6, 6.07) is 13.0. The molecule has 1 saturated heterocycles. The van der Waals surface area contributed by atoms with Gasteiger partial charge < -0.3 is 5.32 Å². The van der Waals surface area contributed by atoms with Crippen LogP contribution in [0.15, 0.2) is 47.5 Å². The second-order valence-electron chi connectivity index (χ2n) is 6.57. The average Bonchev–Trinajstić information content (AvgIpc) is 3.20. The molecule has 0 aliphatic carbocycles. The summed E-state index contributed by atoms with van der Waals surface area (Å²) in [6.45, 7) is 1.87.